The molecule has 16 heavy (non-hydrogen) atoms. The van der Waals surface area contributed by atoms with Crippen LogP contribution in [0.25, 0.3) is 0 Å². The standard InChI is InChI=1S/C11H21NO4/c1-16-7-9(11(14)15)12-6-8-4-2-3-5-10(8)13/h8-10,12-13H,2-7H2,1H3,(H,14,15). The number of hydrogen-bond donors (Lipinski definition) is 3. The van der Waals surface area contributed by atoms with E-state index in [1.54, 1.807) is 0 Å². The van der Waals surface area contributed by atoms with E-state index < -0.39 is 12.0 Å². The Kier molecular flexibility index (Phi) is 5.73. The predicted octanol–water partition coefficient (Wildman–Crippen LogP) is 0.227. The minimum absolute atomic E-state index is 0.151. The zero-order valence-electron chi connectivity index (χ0n) is 9.69. The molecule has 1 aliphatic rings. The van der Waals surface area contributed by atoms with Gasteiger partial charge in [-0.2, -0.15) is 0 Å². The summed E-state index contributed by atoms with van der Waals surface area (Å²) in [6.45, 7) is 0.694. The number of methoxy groups -OCH3 is 1. The van der Waals surface area contributed by atoms with E-state index in [-0.39, 0.29) is 18.6 Å². The van der Waals surface area contributed by atoms with Crippen molar-refractivity contribution in [2.75, 3.05) is 20.3 Å². The first kappa shape index (κ1) is 13.4. The van der Waals surface area contributed by atoms with E-state index in [1.807, 2.05) is 0 Å². The van der Waals surface area contributed by atoms with Crippen molar-refractivity contribution in [2.24, 2.45) is 5.92 Å². The fraction of sp³-hybridized carbons (Fsp3) is 0.909. The van der Waals surface area contributed by atoms with Crippen LogP contribution in [0.2, 0.25) is 0 Å². The Morgan fingerprint density at radius 2 is 2.19 bits per heavy atom. The molecule has 3 unspecified atom stereocenters. The van der Waals surface area contributed by atoms with Crippen molar-refractivity contribution in [1.82, 2.24) is 5.32 Å². The largest absolute Gasteiger partial charge is 0.480 e. The summed E-state index contributed by atoms with van der Waals surface area (Å²) < 4.78 is 4.83. The number of aliphatic carboxylic acids is 1. The van der Waals surface area contributed by atoms with Crippen molar-refractivity contribution in [3.05, 3.63) is 0 Å². The molecule has 0 amide bonds. The molecule has 94 valence electrons. The van der Waals surface area contributed by atoms with Gasteiger partial charge in [0.1, 0.15) is 6.04 Å². The van der Waals surface area contributed by atoms with Gasteiger partial charge in [0, 0.05) is 13.7 Å². The predicted molar refractivity (Wildman–Crippen MR) is 59.3 cm³/mol. The van der Waals surface area contributed by atoms with Crippen LogP contribution in [-0.2, 0) is 9.53 Å². The lowest BCUT2D eigenvalue weighted by molar-refractivity contribution is -0.141. The summed E-state index contributed by atoms with van der Waals surface area (Å²) in [5.41, 5.74) is 0. The van der Waals surface area contributed by atoms with Gasteiger partial charge >= 0.3 is 5.97 Å². The van der Waals surface area contributed by atoms with Crippen LogP contribution in [0.1, 0.15) is 25.7 Å². The van der Waals surface area contributed by atoms with Gasteiger partial charge in [-0.05, 0) is 18.8 Å². The zero-order valence-corrected chi connectivity index (χ0v) is 9.69. The van der Waals surface area contributed by atoms with E-state index in [9.17, 15) is 9.90 Å². The number of carboxylic acid groups (broad SMARTS) is 1. The van der Waals surface area contributed by atoms with Crippen molar-refractivity contribution >= 4 is 5.97 Å². The van der Waals surface area contributed by atoms with Gasteiger partial charge in [0.25, 0.3) is 0 Å². The van der Waals surface area contributed by atoms with Crippen molar-refractivity contribution in [3.63, 3.8) is 0 Å². The third kappa shape index (κ3) is 4.08. The Balaban J connectivity index is 2.32. The molecule has 0 aromatic heterocycles. The molecular weight excluding hydrogens is 210 g/mol. The third-order valence-electron chi connectivity index (χ3n) is 3.13. The Bertz CT molecular complexity index is 222. The summed E-state index contributed by atoms with van der Waals surface area (Å²) >= 11 is 0. The molecule has 0 bridgehead atoms. The van der Waals surface area contributed by atoms with Crippen molar-refractivity contribution in [2.45, 2.75) is 37.8 Å². The maximum absolute atomic E-state index is 10.8. The number of hydrogen-bond acceptors (Lipinski definition) is 4. The molecule has 0 aromatic rings. The molecule has 0 radical (unpaired) electrons. The second-order valence-electron chi connectivity index (χ2n) is 4.37. The minimum atomic E-state index is -0.910. The van der Waals surface area contributed by atoms with E-state index in [2.05, 4.69) is 5.32 Å². The minimum Gasteiger partial charge on any atom is -0.480 e. The first-order chi connectivity index (χ1) is 7.65. The molecule has 1 saturated carbocycles. The Morgan fingerprint density at radius 3 is 2.75 bits per heavy atom. The van der Waals surface area contributed by atoms with E-state index >= 15 is 0 Å². The highest BCUT2D eigenvalue weighted by atomic mass is 16.5. The second-order valence-corrected chi connectivity index (χ2v) is 4.37. The highest BCUT2D eigenvalue weighted by molar-refractivity contribution is 5.73. The summed E-state index contributed by atoms with van der Waals surface area (Å²) in [4.78, 5) is 10.8. The summed E-state index contributed by atoms with van der Waals surface area (Å²) in [6, 6.07) is -0.681. The molecule has 5 nitrogen and oxygen atoms in total. The van der Waals surface area contributed by atoms with Gasteiger partial charge in [0.15, 0.2) is 0 Å². The van der Waals surface area contributed by atoms with E-state index in [1.165, 1.54) is 7.11 Å². The number of aliphatic hydroxyl groups is 1. The average Bonchev–Trinajstić information content (AvgIpc) is 2.26. The lowest BCUT2D eigenvalue weighted by atomic mass is 9.86. The zero-order chi connectivity index (χ0) is 12.0. The molecule has 0 aliphatic heterocycles. The second kappa shape index (κ2) is 6.83. The number of rotatable bonds is 6. The summed E-state index contributed by atoms with van der Waals surface area (Å²) in [7, 11) is 1.48. The van der Waals surface area contributed by atoms with Crippen LogP contribution < -0.4 is 5.32 Å². The molecule has 1 aliphatic carbocycles. The molecule has 3 N–H and O–H groups in total. The maximum atomic E-state index is 10.8. The van der Waals surface area contributed by atoms with Gasteiger partial charge < -0.3 is 20.3 Å². The van der Waals surface area contributed by atoms with Crippen LogP contribution in [-0.4, -0.2) is 48.6 Å². The number of nitrogens with one attached hydrogen (secondary N) is 1. The van der Waals surface area contributed by atoms with Crippen LogP contribution in [0, 0.1) is 5.92 Å². The molecule has 1 rings (SSSR count). The number of aliphatic hydroxyl groups excluding tert-OH is 1. The lowest BCUT2D eigenvalue weighted by Crippen LogP contribution is -2.45. The average molecular weight is 231 g/mol. The Labute approximate surface area is 95.8 Å². The SMILES string of the molecule is COCC(NCC1CCCCC1O)C(=O)O. The fourth-order valence-electron chi connectivity index (χ4n) is 2.10. The molecule has 5 heteroatoms. The number of carboxylic acids is 1. The summed E-state index contributed by atoms with van der Waals surface area (Å²) in [5, 5.41) is 21.6. The van der Waals surface area contributed by atoms with E-state index in [4.69, 9.17) is 9.84 Å². The molecule has 1 fully saturated rings. The van der Waals surface area contributed by atoms with Crippen LogP contribution in [0.5, 0.6) is 0 Å². The third-order valence-corrected chi connectivity index (χ3v) is 3.13. The Hall–Kier alpha value is -0.650. The first-order valence-electron chi connectivity index (χ1n) is 5.78. The molecule has 0 heterocycles. The topological polar surface area (TPSA) is 78.8 Å². The molecular formula is C11H21NO4. The molecule has 3 atom stereocenters. The van der Waals surface area contributed by atoms with Crippen LogP contribution in [0.4, 0.5) is 0 Å². The van der Waals surface area contributed by atoms with Crippen molar-refractivity contribution in [3.8, 4) is 0 Å². The van der Waals surface area contributed by atoms with Gasteiger partial charge in [-0.25, -0.2) is 0 Å². The normalized spacial score (nSPS) is 27.6. The fourth-order valence-corrected chi connectivity index (χ4v) is 2.10. The number of carbonyl (C=O) groups is 1. The monoisotopic (exact) mass is 231 g/mol. The molecule has 0 spiro atoms. The maximum Gasteiger partial charge on any atom is 0.323 e. The Morgan fingerprint density at radius 1 is 1.50 bits per heavy atom. The van der Waals surface area contributed by atoms with Gasteiger partial charge in [0.2, 0.25) is 0 Å². The van der Waals surface area contributed by atoms with Gasteiger partial charge in [0.05, 0.1) is 12.7 Å². The highest BCUT2D eigenvalue weighted by Gasteiger charge is 2.25. The van der Waals surface area contributed by atoms with Crippen molar-refractivity contribution in [1.29, 1.82) is 0 Å². The smallest absolute Gasteiger partial charge is 0.323 e. The van der Waals surface area contributed by atoms with Gasteiger partial charge in [-0.15, -0.1) is 0 Å². The summed E-state index contributed by atoms with van der Waals surface area (Å²) in [5.74, 6) is -0.736. The first-order valence-corrected chi connectivity index (χ1v) is 5.78. The van der Waals surface area contributed by atoms with Crippen LogP contribution in [0.15, 0.2) is 0 Å². The van der Waals surface area contributed by atoms with Crippen LogP contribution in [0.3, 0.4) is 0 Å². The molecule has 0 aromatic carbocycles. The van der Waals surface area contributed by atoms with Crippen LogP contribution >= 0.6 is 0 Å². The highest BCUT2D eigenvalue weighted by Crippen LogP contribution is 2.23. The molecule has 0 saturated heterocycles. The quantitative estimate of drug-likeness (QED) is 0.609. The van der Waals surface area contributed by atoms with Crippen molar-refractivity contribution < 1.29 is 19.7 Å². The van der Waals surface area contributed by atoms with E-state index in [0.717, 1.165) is 25.7 Å². The van der Waals surface area contributed by atoms with E-state index in [0.29, 0.717) is 6.54 Å². The van der Waals surface area contributed by atoms with Gasteiger partial charge in [-0.1, -0.05) is 12.8 Å². The lowest BCUT2D eigenvalue weighted by Gasteiger charge is -2.28. The number of ether oxygens (including phenoxy) is 1. The van der Waals surface area contributed by atoms with Gasteiger partial charge in [-0.3, -0.25) is 4.79 Å². The summed E-state index contributed by atoms with van der Waals surface area (Å²) in [6.07, 6.45) is 3.68.